The lowest BCUT2D eigenvalue weighted by Gasteiger charge is -2.40. The molecule has 0 saturated carbocycles. The van der Waals surface area contributed by atoms with Crippen molar-refractivity contribution in [3.63, 3.8) is 0 Å². The van der Waals surface area contributed by atoms with Gasteiger partial charge in [-0.2, -0.15) is 5.10 Å². The second-order valence-electron chi connectivity index (χ2n) is 5.68. The third-order valence-electron chi connectivity index (χ3n) is 4.11. The van der Waals surface area contributed by atoms with Crippen LogP contribution in [-0.4, -0.2) is 57.2 Å². The molecule has 1 amide bonds. The topological polar surface area (TPSA) is 54.3 Å². The highest BCUT2D eigenvalue weighted by atomic mass is 16.2. The molecule has 3 rings (SSSR count). The number of carbonyl (C=O) groups excluding carboxylic acids is 1. The van der Waals surface area contributed by atoms with Crippen LogP contribution in [-0.2, 0) is 11.3 Å². The highest BCUT2D eigenvalue weighted by Crippen LogP contribution is 2.25. The van der Waals surface area contributed by atoms with Gasteiger partial charge >= 0.3 is 0 Å². The van der Waals surface area contributed by atoms with Gasteiger partial charge in [-0.3, -0.25) is 9.48 Å². The van der Waals surface area contributed by atoms with Gasteiger partial charge < -0.3 is 9.80 Å². The number of nitrogens with zero attached hydrogens (tertiary/aromatic N) is 5. The molecule has 0 spiro atoms. The standard InChI is InChI=1S/C16H21N5O/c1-19-9-10-21(15(11-19)14-5-3-2-4-6-14)16(22)7-8-20-13-17-12-18-20/h2-6,12-13,15H,7-11H2,1H3/t15-/m1/s1. The van der Waals surface area contributed by atoms with Crippen molar-refractivity contribution in [2.45, 2.75) is 19.0 Å². The van der Waals surface area contributed by atoms with Crippen molar-refractivity contribution in [3.8, 4) is 0 Å². The van der Waals surface area contributed by atoms with Crippen LogP contribution in [0, 0.1) is 0 Å². The van der Waals surface area contributed by atoms with E-state index in [1.54, 1.807) is 11.0 Å². The van der Waals surface area contributed by atoms with E-state index in [9.17, 15) is 4.79 Å². The van der Waals surface area contributed by atoms with Crippen LogP contribution in [0.5, 0.6) is 0 Å². The van der Waals surface area contributed by atoms with Crippen LogP contribution in [0.4, 0.5) is 0 Å². The molecule has 2 aromatic rings. The molecule has 1 aliphatic rings. The first kappa shape index (κ1) is 14.7. The highest BCUT2D eigenvalue weighted by molar-refractivity contribution is 5.76. The van der Waals surface area contributed by atoms with E-state index < -0.39 is 0 Å². The monoisotopic (exact) mass is 299 g/mol. The van der Waals surface area contributed by atoms with Gasteiger partial charge in [-0.1, -0.05) is 30.3 Å². The van der Waals surface area contributed by atoms with Crippen LogP contribution in [0.1, 0.15) is 18.0 Å². The molecule has 6 nitrogen and oxygen atoms in total. The quantitative estimate of drug-likeness (QED) is 0.851. The number of rotatable bonds is 4. The Hall–Kier alpha value is -2.21. The molecule has 22 heavy (non-hydrogen) atoms. The predicted molar refractivity (Wildman–Crippen MR) is 83.0 cm³/mol. The van der Waals surface area contributed by atoms with Crippen LogP contribution in [0.2, 0.25) is 0 Å². The number of piperazine rings is 1. The molecule has 0 N–H and O–H groups in total. The smallest absolute Gasteiger partial charge is 0.225 e. The summed E-state index contributed by atoms with van der Waals surface area (Å²) in [7, 11) is 2.10. The van der Waals surface area contributed by atoms with Crippen LogP contribution in [0.15, 0.2) is 43.0 Å². The summed E-state index contributed by atoms with van der Waals surface area (Å²) in [5.74, 6) is 0.178. The lowest BCUT2D eigenvalue weighted by Crippen LogP contribution is -2.49. The van der Waals surface area contributed by atoms with E-state index in [1.165, 1.54) is 11.9 Å². The Morgan fingerprint density at radius 2 is 2.09 bits per heavy atom. The maximum Gasteiger partial charge on any atom is 0.225 e. The van der Waals surface area contributed by atoms with Crippen molar-refractivity contribution in [3.05, 3.63) is 48.5 Å². The summed E-state index contributed by atoms with van der Waals surface area (Å²) in [5.41, 5.74) is 1.20. The summed E-state index contributed by atoms with van der Waals surface area (Å²) in [6, 6.07) is 10.4. The maximum atomic E-state index is 12.6. The van der Waals surface area contributed by atoms with Gasteiger partial charge in [0.05, 0.1) is 12.6 Å². The van der Waals surface area contributed by atoms with Crippen LogP contribution < -0.4 is 0 Å². The molecule has 1 saturated heterocycles. The second-order valence-corrected chi connectivity index (χ2v) is 5.68. The van der Waals surface area contributed by atoms with Gasteiger partial charge in [0.2, 0.25) is 5.91 Å². The largest absolute Gasteiger partial charge is 0.333 e. The number of aryl methyl sites for hydroxylation is 1. The van der Waals surface area contributed by atoms with Crippen molar-refractivity contribution < 1.29 is 4.79 Å². The number of amides is 1. The van der Waals surface area contributed by atoms with E-state index in [1.807, 2.05) is 23.1 Å². The first-order valence-corrected chi connectivity index (χ1v) is 7.59. The number of benzene rings is 1. The summed E-state index contributed by atoms with van der Waals surface area (Å²) in [6.45, 7) is 3.14. The van der Waals surface area contributed by atoms with Gasteiger partial charge in [0.1, 0.15) is 12.7 Å². The lowest BCUT2D eigenvalue weighted by atomic mass is 10.0. The number of aromatic nitrogens is 3. The highest BCUT2D eigenvalue weighted by Gasteiger charge is 2.29. The van der Waals surface area contributed by atoms with Gasteiger partial charge in [0.15, 0.2) is 0 Å². The molecule has 1 aliphatic heterocycles. The number of hydrogen-bond donors (Lipinski definition) is 0. The minimum Gasteiger partial charge on any atom is -0.333 e. The Balaban J connectivity index is 1.70. The fourth-order valence-corrected chi connectivity index (χ4v) is 2.88. The minimum atomic E-state index is 0.128. The number of carbonyl (C=O) groups is 1. The summed E-state index contributed by atoms with van der Waals surface area (Å²) in [4.78, 5) is 20.8. The SMILES string of the molecule is CN1CCN(C(=O)CCn2cncn2)[C@@H](c2ccccc2)C1. The second kappa shape index (κ2) is 6.70. The Kier molecular flexibility index (Phi) is 4.48. The third kappa shape index (κ3) is 3.33. The summed E-state index contributed by atoms with van der Waals surface area (Å²) in [5, 5.41) is 4.05. The molecule has 0 unspecified atom stereocenters. The Labute approximate surface area is 130 Å². The van der Waals surface area contributed by atoms with Crippen molar-refractivity contribution in [2.75, 3.05) is 26.7 Å². The average molecular weight is 299 g/mol. The van der Waals surface area contributed by atoms with Crippen molar-refractivity contribution in [2.24, 2.45) is 0 Å². The molecular weight excluding hydrogens is 278 g/mol. The van der Waals surface area contributed by atoms with E-state index in [0.29, 0.717) is 13.0 Å². The first-order chi connectivity index (χ1) is 10.7. The van der Waals surface area contributed by atoms with Crippen molar-refractivity contribution in [1.82, 2.24) is 24.6 Å². The zero-order chi connectivity index (χ0) is 15.4. The van der Waals surface area contributed by atoms with Gasteiger partial charge in [0.25, 0.3) is 0 Å². The Bertz CT molecular complexity index is 598. The third-order valence-corrected chi connectivity index (χ3v) is 4.11. The lowest BCUT2D eigenvalue weighted by molar-refractivity contribution is -0.136. The van der Waals surface area contributed by atoms with Gasteiger partial charge in [0, 0.05) is 26.1 Å². The number of hydrogen-bond acceptors (Lipinski definition) is 4. The van der Waals surface area contributed by atoms with Crippen molar-refractivity contribution >= 4 is 5.91 Å². The molecule has 1 atom stereocenters. The van der Waals surface area contributed by atoms with Gasteiger partial charge in [-0.15, -0.1) is 0 Å². The summed E-state index contributed by atoms with van der Waals surface area (Å²) >= 11 is 0. The molecule has 0 bridgehead atoms. The maximum absolute atomic E-state index is 12.6. The van der Waals surface area contributed by atoms with E-state index in [2.05, 4.69) is 34.2 Å². The Morgan fingerprint density at radius 3 is 2.82 bits per heavy atom. The van der Waals surface area contributed by atoms with E-state index in [4.69, 9.17) is 0 Å². The average Bonchev–Trinajstić information content (AvgIpc) is 3.07. The van der Waals surface area contributed by atoms with E-state index >= 15 is 0 Å². The molecule has 2 heterocycles. The molecule has 6 heteroatoms. The molecule has 0 radical (unpaired) electrons. The summed E-state index contributed by atoms with van der Waals surface area (Å²) < 4.78 is 1.70. The molecule has 1 aromatic heterocycles. The minimum absolute atomic E-state index is 0.128. The van der Waals surface area contributed by atoms with Crippen LogP contribution in [0.3, 0.4) is 0 Å². The van der Waals surface area contributed by atoms with Crippen LogP contribution in [0.25, 0.3) is 0 Å². The zero-order valence-corrected chi connectivity index (χ0v) is 12.8. The normalized spacial score (nSPS) is 19.3. The summed E-state index contributed by atoms with van der Waals surface area (Å²) in [6.07, 6.45) is 3.59. The predicted octanol–water partition coefficient (Wildman–Crippen LogP) is 1.18. The van der Waals surface area contributed by atoms with Crippen molar-refractivity contribution in [1.29, 1.82) is 0 Å². The fourth-order valence-electron chi connectivity index (χ4n) is 2.88. The molecule has 116 valence electrons. The van der Waals surface area contributed by atoms with E-state index in [0.717, 1.165) is 19.6 Å². The van der Waals surface area contributed by atoms with Gasteiger partial charge in [-0.25, -0.2) is 4.98 Å². The molecular formula is C16H21N5O. The van der Waals surface area contributed by atoms with E-state index in [-0.39, 0.29) is 11.9 Å². The van der Waals surface area contributed by atoms with Gasteiger partial charge in [-0.05, 0) is 12.6 Å². The molecule has 1 aromatic carbocycles. The fraction of sp³-hybridized carbons (Fsp3) is 0.438. The first-order valence-electron chi connectivity index (χ1n) is 7.59. The zero-order valence-electron chi connectivity index (χ0n) is 12.8. The molecule has 0 aliphatic carbocycles. The molecule has 1 fully saturated rings. The number of likely N-dealkylation sites (N-methyl/N-ethyl adjacent to an activating group) is 1. The Morgan fingerprint density at radius 1 is 1.27 bits per heavy atom. The van der Waals surface area contributed by atoms with Crippen LogP contribution >= 0.6 is 0 Å².